The number of carbonyl (C=O) groups is 1. The van der Waals surface area contributed by atoms with Crippen molar-refractivity contribution >= 4 is 21.8 Å². The summed E-state index contributed by atoms with van der Waals surface area (Å²) in [6.45, 7) is 4.88. The zero-order valence-corrected chi connectivity index (χ0v) is 11.5. The van der Waals surface area contributed by atoms with E-state index in [1.54, 1.807) is 0 Å². The number of amides is 1. The van der Waals surface area contributed by atoms with E-state index in [-0.39, 0.29) is 22.9 Å². The number of rotatable bonds is 4. The Hall–Kier alpha value is -0.0900. The van der Waals surface area contributed by atoms with Crippen LogP contribution in [0.25, 0.3) is 0 Å². The van der Waals surface area contributed by atoms with E-state index >= 15 is 0 Å². The summed E-state index contributed by atoms with van der Waals surface area (Å²) in [5.74, 6) is 1.12. The van der Waals surface area contributed by atoms with Gasteiger partial charge >= 0.3 is 0 Å². The number of carbonyl (C=O) groups excluding carboxylic acids is 1. The highest BCUT2D eigenvalue weighted by Crippen LogP contribution is 2.38. The van der Waals surface area contributed by atoms with E-state index in [1.165, 1.54) is 12.8 Å². The molecule has 1 saturated heterocycles. The third-order valence-corrected chi connectivity index (χ3v) is 4.86. The van der Waals surface area contributed by atoms with Crippen LogP contribution in [0.15, 0.2) is 0 Å². The maximum absolute atomic E-state index is 11.9. The minimum atomic E-state index is -0.0899. The fourth-order valence-corrected chi connectivity index (χ4v) is 2.35. The van der Waals surface area contributed by atoms with Crippen molar-refractivity contribution in [1.82, 2.24) is 5.32 Å². The van der Waals surface area contributed by atoms with Crippen LogP contribution in [0.1, 0.15) is 33.1 Å². The highest BCUT2D eigenvalue weighted by molar-refractivity contribution is 9.10. The second kappa shape index (κ2) is 5.05. The van der Waals surface area contributed by atoms with Crippen LogP contribution in [-0.2, 0) is 9.53 Å². The molecule has 4 heteroatoms. The molecule has 0 radical (unpaired) electrons. The van der Waals surface area contributed by atoms with E-state index in [0.717, 1.165) is 13.0 Å². The Balaban J connectivity index is 1.86. The molecule has 1 amide bonds. The molecule has 1 aliphatic carbocycles. The molecular formula is C12H20BrNO2. The summed E-state index contributed by atoms with van der Waals surface area (Å²) >= 11 is 3.43. The molecule has 92 valence electrons. The van der Waals surface area contributed by atoms with Gasteiger partial charge in [-0.15, -0.1) is 0 Å². The standard InChI is InChI=1S/C12H20BrNO2/c1-7(2)10(13)12(15)14-9-5-6-16-11(9)8-3-4-8/h7-11H,3-6H2,1-2H3,(H,14,15). The molecule has 16 heavy (non-hydrogen) atoms. The number of hydrogen-bond acceptors (Lipinski definition) is 2. The molecule has 0 aromatic heterocycles. The fraction of sp³-hybridized carbons (Fsp3) is 0.917. The minimum absolute atomic E-state index is 0.0899. The molecule has 0 aromatic rings. The van der Waals surface area contributed by atoms with Crippen LogP contribution in [0.3, 0.4) is 0 Å². The van der Waals surface area contributed by atoms with Crippen molar-refractivity contribution < 1.29 is 9.53 Å². The van der Waals surface area contributed by atoms with E-state index < -0.39 is 0 Å². The summed E-state index contributed by atoms with van der Waals surface area (Å²) in [7, 11) is 0. The van der Waals surface area contributed by atoms with Crippen molar-refractivity contribution in [3.63, 3.8) is 0 Å². The van der Waals surface area contributed by atoms with Crippen LogP contribution in [0, 0.1) is 11.8 Å². The van der Waals surface area contributed by atoms with Crippen LogP contribution in [-0.4, -0.2) is 29.5 Å². The summed E-state index contributed by atoms with van der Waals surface area (Å²) in [4.78, 5) is 11.8. The van der Waals surface area contributed by atoms with Gasteiger partial charge < -0.3 is 10.1 Å². The van der Waals surface area contributed by atoms with Crippen molar-refractivity contribution in [2.24, 2.45) is 11.8 Å². The van der Waals surface area contributed by atoms with E-state index in [4.69, 9.17) is 4.74 Å². The number of ether oxygens (including phenoxy) is 1. The lowest BCUT2D eigenvalue weighted by Crippen LogP contribution is -2.45. The SMILES string of the molecule is CC(C)C(Br)C(=O)NC1CCOC1C1CC1. The van der Waals surface area contributed by atoms with Gasteiger partial charge in [-0.3, -0.25) is 4.79 Å². The predicted molar refractivity (Wildman–Crippen MR) is 66.6 cm³/mol. The summed E-state index contributed by atoms with van der Waals surface area (Å²) in [6, 6.07) is 0.235. The van der Waals surface area contributed by atoms with Crippen LogP contribution in [0.2, 0.25) is 0 Å². The third kappa shape index (κ3) is 2.77. The van der Waals surface area contributed by atoms with Crippen molar-refractivity contribution in [1.29, 1.82) is 0 Å². The van der Waals surface area contributed by atoms with Gasteiger partial charge in [0.05, 0.1) is 17.0 Å². The molecule has 0 aromatic carbocycles. The van der Waals surface area contributed by atoms with Gasteiger partial charge in [0.1, 0.15) is 0 Å². The van der Waals surface area contributed by atoms with Gasteiger partial charge in [-0.1, -0.05) is 29.8 Å². The van der Waals surface area contributed by atoms with Gasteiger partial charge in [-0.25, -0.2) is 0 Å². The van der Waals surface area contributed by atoms with Crippen LogP contribution >= 0.6 is 15.9 Å². The second-order valence-corrected chi connectivity index (χ2v) is 6.21. The molecule has 0 spiro atoms. The van der Waals surface area contributed by atoms with Gasteiger partial charge in [0.15, 0.2) is 0 Å². The summed E-state index contributed by atoms with van der Waals surface area (Å²) in [5.41, 5.74) is 0. The number of hydrogen-bond donors (Lipinski definition) is 1. The highest BCUT2D eigenvalue weighted by Gasteiger charge is 2.41. The smallest absolute Gasteiger partial charge is 0.234 e. The maximum Gasteiger partial charge on any atom is 0.234 e. The first-order valence-corrected chi connectivity index (χ1v) is 7.07. The lowest BCUT2D eigenvalue weighted by Gasteiger charge is -2.22. The lowest BCUT2D eigenvalue weighted by molar-refractivity contribution is -0.122. The minimum Gasteiger partial charge on any atom is -0.376 e. The summed E-state index contributed by atoms with van der Waals surface area (Å²) in [6.07, 6.45) is 3.76. The normalized spacial score (nSPS) is 31.8. The van der Waals surface area contributed by atoms with Crippen LogP contribution in [0.5, 0.6) is 0 Å². The van der Waals surface area contributed by atoms with Gasteiger partial charge in [0.25, 0.3) is 0 Å². The van der Waals surface area contributed by atoms with Gasteiger partial charge in [-0.05, 0) is 31.1 Å². The molecule has 3 unspecified atom stereocenters. The second-order valence-electron chi connectivity index (χ2n) is 5.22. The Morgan fingerprint density at radius 3 is 2.62 bits per heavy atom. The summed E-state index contributed by atoms with van der Waals surface area (Å²) in [5, 5.41) is 3.12. The maximum atomic E-state index is 11.9. The molecule has 1 aliphatic heterocycles. The lowest BCUT2D eigenvalue weighted by atomic mass is 10.0. The van der Waals surface area contributed by atoms with E-state index in [9.17, 15) is 4.79 Å². The van der Waals surface area contributed by atoms with Gasteiger partial charge in [-0.2, -0.15) is 0 Å². The molecule has 2 rings (SSSR count). The van der Waals surface area contributed by atoms with E-state index in [2.05, 4.69) is 21.2 Å². The number of alkyl halides is 1. The average Bonchev–Trinajstić information content (AvgIpc) is 2.99. The molecule has 2 fully saturated rings. The van der Waals surface area contributed by atoms with Gasteiger partial charge in [0, 0.05) is 6.61 Å². The molecular weight excluding hydrogens is 270 g/mol. The molecule has 1 saturated carbocycles. The Kier molecular flexibility index (Phi) is 3.90. The fourth-order valence-electron chi connectivity index (χ4n) is 2.22. The summed E-state index contributed by atoms with van der Waals surface area (Å²) < 4.78 is 5.70. The van der Waals surface area contributed by atoms with Gasteiger partial charge in [0.2, 0.25) is 5.91 Å². The van der Waals surface area contributed by atoms with Crippen molar-refractivity contribution in [3.8, 4) is 0 Å². The first-order chi connectivity index (χ1) is 7.59. The Morgan fingerprint density at radius 1 is 1.38 bits per heavy atom. The Morgan fingerprint density at radius 2 is 2.06 bits per heavy atom. The zero-order valence-electron chi connectivity index (χ0n) is 9.91. The van der Waals surface area contributed by atoms with E-state index in [0.29, 0.717) is 11.8 Å². The number of halogens is 1. The Bertz CT molecular complexity index is 266. The molecule has 2 aliphatic rings. The topological polar surface area (TPSA) is 38.3 Å². The van der Waals surface area contributed by atoms with Crippen LogP contribution in [0.4, 0.5) is 0 Å². The molecule has 1 heterocycles. The largest absolute Gasteiger partial charge is 0.376 e. The molecule has 1 N–H and O–H groups in total. The molecule has 3 nitrogen and oxygen atoms in total. The van der Waals surface area contributed by atoms with Crippen molar-refractivity contribution in [3.05, 3.63) is 0 Å². The highest BCUT2D eigenvalue weighted by atomic mass is 79.9. The first-order valence-electron chi connectivity index (χ1n) is 6.15. The first kappa shape index (κ1) is 12.4. The predicted octanol–water partition coefficient (Wildman–Crippen LogP) is 2.09. The number of nitrogens with one attached hydrogen (secondary N) is 1. The molecule has 3 atom stereocenters. The molecule has 0 bridgehead atoms. The monoisotopic (exact) mass is 289 g/mol. The van der Waals surface area contributed by atoms with E-state index in [1.807, 2.05) is 13.8 Å². The zero-order chi connectivity index (χ0) is 11.7. The van der Waals surface area contributed by atoms with Crippen molar-refractivity contribution in [2.45, 2.75) is 50.1 Å². The third-order valence-electron chi connectivity index (χ3n) is 3.39. The average molecular weight is 290 g/mol. The Labute approximate surface area is 105 Å². The van der Waals surface area contributed by atoms with Crippen molar-refractivity contribution in [2.75, 3.05) is 6.61 Å². The van der Waals surface area contributed by atoms with Crippen LogP contribution < -0.4 is 5.32 Å². The quantitative estimate of drug-likeness (QED) is 0.805.